The van der Waals surface area contributed by atoms with E-state index in [1.807, 2.05) is 30.3 Å². The Bertz CT molecular complexity index is 602. The molecular weight excluding hydrogens is 296 g/mol. The molecule has 1 aliphatic heterocycles. The number of ketones is 1. The van der Waals surface area contributed by atoms with Crippen molar-refractivity contribution in [2.75, 3.05) is 6.61 Å². The smallest absolute Gasteiger partial charge is 0.227 e. The Labute approximate surface area is 135 Å². The molecule has 1 aliphatic rings. The van der Waals surface area contributed by atoms with Gasteiger partial charge in [-0.2, -0.15) is 0 Å². The van der Waals surface area contributed by atoms with Crippen LogP contribution in [0.15, 0.2) is 30.3 Å². The van der Waals surface area contributed by atoms with Gasteiger partial charge in [0.1, 0.15) is 12.6 Å². The number of carbonyl (C=O) groups excluding carboxylic acids is 3. The standard InChI is InChI=1S/C17H22N2O4/c1-11-15(13(20)10-23-11)19-14(21)8-9-17(2,16(18)22)12-6-4-3-5-7-12/h3-7,11,15H,8-10H2,1-2H3,(H2,18,22)(H,19,21)/t11-,15?,17-/m0/s1. The first-order valence-corrected chi connectivity index (χ1v) is 7.63. The number of amides is 2. The van der Waals surface area contributed by atoms with Crippen LogP contribution in [0.1, 0.15) is 32.3 Å². The summed E-state index contributed by atoms with van der Waals surface area (Å²) in [6, 6.07) is 8.53. The highest BCUT2D eigenvalue weighted by Crippen LogP contribution is 2.28. The van der Waals surface area contributed by atoms with Crippen LogP contribution >= 0.6 is 0 Å². The molecule has 6 nitrogen and oxygen atoms in total. The van der Waals surface area contributed by atoms with Gasteiger partial charge in [-0.1, -0.05) is 30.3 Å². The number of hydrogen-bond donors (Lipinski definition) is 2. The highest BCUT2D eigenvalue weighted by molar-refractivity contribution is 5.92. The molecule has 6 heteroatoms. The van der Waals surface area contributed by atoms with E-state index in [2.05, 4.69) is 5.32 Å². The first kappa shape index (κ1) is 17.1. The molecule has 1 heterocycles. The Balaban J connectivity index is 2.01. The van der Waals surface area contributed by atoms with E-state index in [1.165, 1.54) is 0 Å². The molecule has 23 heavy (non-hydrogen) atoms. The highest BCUT2D eigenvalue weighted by Gasteiger charge is 2.36. The molecule has 1 fully saturated rings. The maximum absolute atomic E-state index is 12.1. The minimum Gasteiger partial charge on any atom is -0.369 e. The third-order valence-corrected chi connectivity index (χ3v) is 4.43. The van der Waals surface area contributed by atoms with Gasteiger partial charge < -0.3 is 15.8 Å². The zero-order valence-corrected chi connectivity index (χ0v) is 13.4. The van der Waals surface area contributed by atoms with Crippen molar-refractivity contribution in [1.82, 2.24) is 5.32 Å². The van der Waals surface area contributed by atoms with E-state index in [9.17, 15) is 14.4 Å². The molecule has 0 spiro atoms. The van der Waals surface area contributed by atoms with Gasteiger partial charge in [-0.05, 0) is 25.8 Å². The van der Waals surface area contributed by atoms with E-state index in [4.69, 9.17) is 10.5 Å². The highest BCUT2D eigenvalue weighted by atomic mass is 16.5. The second kappa shape index (κ2) is 6.91. The molecule has 1 unspecified atom stereocenters. The van der Waals surface area contributed by atoms with Crippen LogP contribution in [0.2, 0.25) is 0 Å². The number of primary amides is 1. The van der Waals surface area contributed by atoms with Gasteiger partial charge in [0, 0.05) is 6.42 Å². The van der Waals surface area contributed by atoms with Crippen molar-refractivity contribution in [2.24, 2.45) is 5.73 Å². The van der Waals surface area contributed by atoms with Crippen molar-refractivity contribution in [1.29, 1.82) is 0 Å². The number of benzene rings is 1. The maximum Gasteiger partial charge on any atom is 0.227 e. The molecule has 124 valence electrons. The van der Waals surface area contributed by atoms with Gasteiger partial charge >= 0.3 is 0 Å². The van der Waals surface area contributed by atoms with Gasteiger partial charge in [-0.15, -0.1) is 0 Å². The summed E-state index contributed by atoms with van der Waals surface area (Å²) in [4.78, 5) is 35.7. The summed E-state index contributed by atoms with van der Waals surface area (Å²) in [5.41, 5.74) is 5.39. The maximum atomic E-state index is 12.1. The first-order chi connectivity index (χ1) is 10.8. The summed E-state index contributed by atoms with van der Waals surface area (Å²) in [6.45, 7) is 3.49. The fourth-order valence-corrected chi connectivity index (χ4v) is 2.68. The molecular formula is C17H22N2O4. The number of carbonyl (C=O) groups is 3. The van der Waals surface area contributed by atoms with E-state index in [1.54, 1.807) is 13.8 Å². The Morgan fingerprint density at radius 2 is 2.00 bits per heavy atom. The van der Waals surface area contributed by atoms with Crippen LogP contribution in [-0.4, -0.2) is 36.4 Å². The number of hydrogen-bond acceptors (Lipinski definition) is 4. The van der Waals surface area contributed by atoms with Crippen LogP contribution in [0.3, 0.4) is 0 Å². The predicted molar refractivity (Wildman–Crippen MR) is 84.6 cm³/mol. The lowest BCUT2D eigenvalue weighted by Crippen LogP contribution is -2.45. The second-order valence-corrected chi connectivity index (χ2v) is 6.09. The number of rotatable bonds is 6. The average Bonchev–Trinajstić information content (AvgIpc) is 2.85. The molecule has 3 atom stereocenters. The van der Waals surface area contributed by atoms with Gasteiger partial charge in [0.2, 0.25) is 11.8 Å². The molecule has 0 radical (unpaired) electrons. The quantitative estimate of drug-likeness (QED) is 0.806. The SMILES string of the molecule is C[C@@H]1OCC(=O)C1NC(=O)CC[C@](C)(C(N)=O)c1ccccc1. The van der Waals surface area contributed by atoms with E-state index >= 15 is 0 Å². The number of ether oxygens (including phenoxy) is 1. The van der Waals surface area contributed by atoms with Gasteiger partial charge in [0.15, 0.2) is 5.78 Å². The zero-order valence-electron chi connectivity index (χ0n) is 13.4. The fraction of sp³-hybridized carbons (Fsp3) is 0.471. The summed E-state index contributed by atoms with van der Waals surface area (Å²) in [5, 5.41) is 2.68. The molecule has 2 amide bonds. The minimum absolute atomic E-state index is 0.0229. The van der Waals surface area contributed by atoms with Crippen LogP contribution in [0.25, 0.3) is 0 Å². The Morgan fingerprint density at radius 3 is 2.52 bits per heavy atom. The number of Topliss-reactive ketones (excluding diaryl/α,β-unsaturated/α-hetero) is 1. The predicted octanol–water partition coefficient (Wildman–Crippen LogP) is 0.682. The van der Waals surface area contributed by atoms with Crippen molar-refractivity contribution < 1.29 is 19.1 Å². The van der Waals surface area contributed by atoms with Crippen LogP contribution < -0.4 is 11.1 Å². The van der Waals surface area contributed by atoms with Gasteiger partial charge in [0.25, 0.3) is 0 Å². The molecule has 1 aromatic rings. The van der Waals surface area contributed by atoms with Gasteiger partial charge in [-0.25, -0.2) is 0 Å². The Kier molecular flexibility index (Phi) is 5.15. The van der Waals surface area contributed by atoms with Crippen molar-refractivity contribution in [3.05, 3.63) is 35.9 Å². The van der Waals surface area contributed by atoms with Crippen molar-refractivity contribution in [2.45, 2.75) is 44.2 Å². The Morgan fingerprint density at radius 1 is 1.35 bits per heavy atom. The summed E-state index contributed by atoms with van der Waals surface area (Å²) >= 11 is 0. The summed E-state index contributed by atoms with van der Waals surface area (Å²) in [6.07, 6.45) is 0.0437. The average molecular weight is 318 g/mol. The number of nitrogens with two attached hydrogens (primary N) is 1. The lowest BCUT2D eigenvalue weighted by atomic mass is 9.78. The van der Waals surface area contributed by atoms with Crippen LogP contribution in [0, 0.1) is 0 Å². The van der Waals surface area contributed by atoms with Crippen LogP contribution in [0.5, 0.6) is 0 Å². The Hall–Kier alpha value is -2.21. The molecule has 1 aromatic carbocycles. The van der Waals surface area contributed by atoms with Crippen molar-refractivity contribution in [3.63, 3.8) is 0 Å². The van der Waals surface area contributed by atoms with Gasteiger partial charge in [0.05, 0.1) is 11.5 Å². The number of nitrogens with one attached hydrogen (secondary N) is 1. The van der Waals surface area contributed by atoms with E-state index in [0.29, 0.717) is 0 Å². The fourth-order valence-electron chi connectivity index (χ4n) is 2.68. The third kappa shape index (κ3) is 3.76. The van der Waals surface area contributed by atoms with Crippen LogP contribution in [0.4, 0.5) is 0 Å². The van der Waals surface area contributed by atoms with Crippen molar-refractivity contribution >= 4 is 17.6 Å². The summed E-state index contributed by atoms with van der Waals surface area (Å²) in [5.74, 6) is -0.902. The lowest BCUT2D eigenvalue weighted by Gasteiger charge is -2.26. The molecule has 0 aliphatic carbocycles. The topological polar surface area (TPSA) is 98.5 Å². The molecule has 0 bridgehead atoms. The molecule has 0 aromatic heterocycles. The third-order valence-electron chi connectivity index (χ3n) is 4.43. The normalized spacial score (nSPS) is 23.3. The van der Waals surface area contributed by atoms with Crippen molar-refractivity contribution in [3.8, 4) is 0 Å². The summed E-state index contributed by atoms with van der Waals surface area (Å²) in [7, 11) is 0. The lowest BCUT2D eigenvalue weighted by molar-refractivity contribution is -0.127. The molecule has 3 N–H and O–H groups in total. The molecule has 1 saturated heterocycles. The van der Waals surface area contributed by atoms with Gasteiger partial charge in [-0.3, -0.25) is 14.4 Å². The monoisotopic (exact) mass is 318 g/mol. The largest absolute Gasteiger partial charge is 0.369 e. The zero-order chi connectivity index (χ0) is 17.0. The van der Waals surface area contributed by atoms with E-state index in [-0.39, 0.29) is 37.2 Å². The minimum atomic E-state index is -0.930. The summed E-state index contributed by atoms with van der Waals surface area (Å²) < 4.78 is 5.19. The molecule has 0 saturated carbocycles. The van der Waals surface area contributed by atoms with E-state index < -0.39 is 17.4 Å². The van der Waals surface area contributed by atoms with E-state index in [0.717, 1.165) is 5.56 Å². The second-order valence-electron chi connectivity index (χ2n) is 6.09. The molecule has 2 rings (SSSR count). The first-order valence-electron chi connectivity index (χ1n) is 7.63. The van der Waals surface area contributed by atoms with Crippen LogP contribution in [-0.2, 0) is 24.5 Å².